The van der Waals surface area contributed by atoms with Crippen molar-refractivity contribution in [3.8, 4) is 22.9 Å². The zero-order valence-corrected chi connectivity index (χ0v) is 15.7. The van der Waals surface area contributed by atoms with Crippen molar-refractivity contribution in [3.63, 3.8) is 0 Å². The lowest BCUT2D eigenvalue weighted by molar-refractivity contribution is 0.354. The highest BCUT2D eigenvalue weighted by Gasteiger charge is 2.17. The number of ether oxygens (including phenoxy) is 2. The largest absolute Gasteiger partial charge is 0.493 e. The topological polar surface area (TPSA) is 104 Å². The molecule has 0 aliphatic heterocycles. The number of nitrogens with zero attached hydrogens (tertiary/aromatic N) is 2. The summed E-state index contributed by atoms with van der Waals surface area (Å²) in [6.07, 6.45) is 0.270. The van der Waals surface area contributed by atoms with Crippen molar-refractivity contribution < 1.29 is 22.4 Å². The van der Waals surface area contributed by atoms with Crippen molar-refractivity contribution in [2.75, 3.05) is 20.8 Å². The predicted octanol–water partition coefficient (Wildman–Crippen LogP) is 2.27. The molecule has 0 aliphatic carbocycles. The Hall–Kier alpha value is -2.91. The highest BCUT2D eigenvalue weighted by molar-refractivity contribution is 7.89. The third-order valence-electron chi connectivity index (χ3n) is 3.80. The Morgan fingerprint density at radius 3 is 2.48 bits per heavy atom. The molecule has 0 unspecified atom stereocenters. The minimum atomic E-state index is -3.71. The number of hydrogen-bond donors (Lipinski definition) is 1. The number of hydrogen-bond acceptors (Lipinski definition) is 7. The molecule has 9 heteroatoms. The zero-order chi connectivity index (χ0) is 19.3. The van der Waals surface area contributed by atoms with Crippen molar-refractivity contribution in [1.82, 2.24) is 14.9 Å². The molecule has 142 valence electrons. The summed E-state index contributed by atoms with van der Waals surface area (Å²) in [7, 11) is -0.778. The third kappa shape index (κ3) is 4.44. The van der Waals surface area contributed by atoms with Gasteiger partial charge in [0.2, 0.25) is 21.7 Å². The quantitative estimate of drug-likeness (QED) is 0.630. The molecule has 0 radical (unpaired) electrons. The number of aromatic nitrogens is 2. The van der Waals surface area contributed by atoms with Crippen LogP contribution >= 0.6 is 0 Å². The van der Waals surface area contributed by atoms with Crippen molar-refractivity contribution >= 4 is 10.0 Å². The maximum Gasteiger partial charge on any atom is 0.240 e. The first-order valence-electron chi connectivity index (χ1n) is 8.13. The Labute approximate surface area is 157 Å². The SMILES string of the molecule is COc1ccc(S(=O)(=O)NCCc2nc(-c3ccccc3)no2)cc1OC. The number of nitrogens with one attached hydrogen (secondary N) is 1. The van der Waals surface area contributed by atoms with E-state index in [-0.39, 0.29) is 17.9 Å². The van der Waals surface area contributed by atoms with Crippen LogP contribution in [-0.4, -0.2) is 39.3 Å². The van der Waals surface area contributed by atoms with Crippen LogP contribution in [0.25, 0.3) is 11.4 Å². The second kappa shape index (κ2) is 8.19. The first-order chi connectivity index (χ1) is 13.0. The Bertz CT molecular complexity index is 1000. The van der Waals surface area contributed by atoms with E-state index in [9.17, 15) is 8.42 Å². The summed E-state index contributed by atoms with van der Waals surface area (Å²) in [6.45, 7) is 0.118. The molecule has 1 aromatic heterocycles. The zero-order valence-electron chi connectivity index (χ0n) is 14.9. The Kier molecular flexibility index (Phi) is 5.72. The molecular weight excluding hydrogens is 370 g/mol. The number of sulfonamides is 1. The van der Waals surface area contributed by atoms with Crippen LogP contribution in [0.3, 0.4) is 0 Å². The lowest BCUT2D eigenvalue weighted by atomic mass is 10.2. The first kappa shape index (κ1) is 18.9. The van der Waals surface area contributed by atoms with Gasteiger partial charge in [-0.2, -0.15) is 4.98 Å². The van der Waals surface area contributed by atoms with E-state index in [2.05, 4.69) is 14.9 Å². The molecule has 0 bridgehead atoms. The average molecular weight is 389 g/mol. The van der Waals surface area contributed by atoms with Gasteiger partial charge in [-0.3, -0.25) is 0 Å². The molecule has 0 amide bonds. The number of rotatable bonds is 8. The number of methoxy groups -OCH3 is 2. The van der Waals surface area contributed by atoms with Crippen LogP contribution in [0.2, 0.25) is 0 Å². The van der Waals surface area contributed by atoms with Crippen molar-refractivity contribution in [2.45, 2.75) is 11.3 Å². The molecule has 0 saturated heterocycles. The molecule has 3 aromatic rings. The summed E-state index contributed by atoms with van der Waals surface area (Å²) in [5.74, 6) is 1.61. The summed E-state index contributed by atoms with van der Waals surface area (Å²) >= 11 is 0. The van der Waals surface area contributed by atoms with E-state index in [0.717, 1.165) is 5.56 Å². The first-order valence-corrected chi connectivity index (χ1v) is 9.61. The van der Waals surface area contributed by atoms with E-state index in [1.54, 1.807) is 0 Å². The van der Waals surface area contributed by atoms with Gasteiger partial charge in [0.15, 0.2) is 11.5 Å². The highest BCUT2D eigenvalue weighted by Crippen LogP contribution is 2.29. The molecule has 1 N–H and O–H groups in total. The molecule has 0 fully saturated rings. The van der Waals surface area contributed by atoms with Gasteiger partial charge < -0.3 is 14.0 Å². The van der Waals surface area contributed by atoms with Crippen LogP contribution < -0.4 is 14.2 Å². The fourth-order valence-electron chi connectivity index (χ4n) is 2.42. The Morgan fingerprint density at radius 1 is 1.04 bits per heavy atom. The maximum absolute atomic E-state index is 12.4. The standard InChI is InChI=1S/C18H19N3O5S/c1-24-15-9-8-14(12-16(15)25-2)27(22,23)19-11-10-17-20-18(21-26-17)13-6-4-3-5-7-13/h3-9,12,19H,10-11H2,1-2H3. The van der Waals surface area contributed by atoms with Crippen LogP contribution in [0.5, 0.6) is 11.5 Å². The molecule has 0 saturated carbocycles. The van der Waals surface area contributed by atoms with Gasteiger partial charge in [0, 0.05) is 24.6 Å². The van der Waals surface area contributed by atoms with Crippen LogP contribution in [0, 0.1) is 0 Å². The molecule has 0 spiro atoms. The third-order valence-corrected chi connectivity index (χ3v) is 5.26. The van der Waals surface area contributed by atoms with Gasteiger partial charge >= 0.3 is 0 Å². The lowest BCUT2D eigenvalue weighted by Crippen LogP contribution is -2.26. The number of benzene rings is 2. The van der Waals surface area contributed by atoms with Gasteiger partial charge in [-0.05, 0) is 12.1 Å². The summed E-state index contributed by atoms with van der Waals surface area (Å²) in [4.78, 5) is 4.35. The van der Waals surface area contributed by atoms with E-state index in [4.69, 9.17) is 14.0 Å². The van der Waals surface area contributed by atoms with E-state index < -0.39 is 10.0 Å². The van der Waals surface area contributed by atoms with Gasteiger partial charge in [-0.1, -0.05) is 35.5 Å². The highest BCUT2D eigenvalue weighted by atomic mass is 32.2. The smallest absolute Gasteiger partial charge is 0.240 e. The van der Waals surface area contributed by atoms with Crippen LogP contribution in [0.4, 0.5) is 0 Å². The molecule has 3 rings (SSSR count). The lowest BCUT2D eigenvalue weighted by Gasteiger charge is -2.10. The van der Waals surface area contributed by atoms with Crippen molar-refractivity contribution in [2.24, 2.45) is 0 Å². The molecule has 2 aromatic carbocycles. The van der Waals surface area contributed by atoms with E-state index in [1.807, 2.05) is 30.3 Å². The Morgan fingerprint density at radius 2 is 1.78 bits per heavy atom. The normalized spacial score (nSPS) is 11.3. The van der Waals surface area contributed by atoms with Crippen LogP contribution in [0.15, 0.2) is 57.9 Å². The van der Waals surface area contributed by atoms with E-state index in [1.165, 1.54) is 32.4 Å². The molecule has 0 atom stereocenters. The molecule has 27 heavy (non-hydrogen) atoms. The molecule has 8 nitrogen and oxygen atoms in total. The van der Waals surface area contributed by atoms with Gasteiger partial charge in [-0.15, -0.1) is 0 Å². The van der Waals surface area contributed by atoms with Gasteiger partial charge in [0.25, 0.3) is 0 Å². The van der Waals surface area contributed by atoms with Crippen LogP contribution in [0.1, 0.15) is 5.89 Å². The average Bonchev–Trinajstić information content (AvgIpc) is 3.17. The fraction of sp³-hybridized carbons (Fsp3) is 0.222. The maximum atomic E-state index is 12.4. The van der Waals surface area contributed by atoms with Gasteiger partial charge in [0.1, 0.15) is 0 Å². The van der Waals surface area contributed by atoms with Crippen molar-refractivity contribution in [3.05, 3.63) is 54.4 Å². The predicted molar refractivity (Wildman–Crippen MR) is 98.2 cm³/mol. The second-order valence-electron chi connectivity index (χ2n) is 5.54. The minimum absolute atomic E-state index is 0.0793. The monoisotopic (exact) mass is 389 g/mol. The molecular formula is C18H19N3O5S. The molecule has 0 aliphatic rings. The minimum Gasteiger partial charge on any atom is -0.493 e. The van der Waals surface area contributed by atoms with Crippen molar-refractivity contribution in [1.29, 1.82) is 0 Å². The van der Waals surface area contributed by atoms with Crippen LogP contribution in [-0.2, 0) is 16.4 Å². The Balaban J connectivity index is 1.64. The van der Waals surface area contributed by atoms with Gasteiger partial charge in [0.05, 0.1) is 19.1 Å². The summed E-state index contributed by atoms with van der Waals surface area (Å²) in [6, 6.07) is 13.8. The van der Waals surface area contributed by atoms with E-state index in [0.29, 0.717) is 23.2 Å². The van der Waals surface area contributed by atoms with E-state index >= 15 is 0 Å². The molecule has 1 heterocycles. The fourth-order valence-corrected chi connectivity index (χ4v) is 3.47. The second-order valence-corrected chi connectivity index (χ2v) is 7.31. The summed E-state index contributed by atoms with van der Waals surface area (Å²) in [5.41, 5.74) is 0.832. The van der Waals surface area contributed by atoms with Gasteiger partial charge in [-0.25, -0.2) is 13.1 Å². The summed E-state index contributed by atoms with van der Waals surface area (Å²) < 4.78 is 42.8. The summed E-state index contributed by atoms with van der Waals surface area (Å²) in [5, 5.41) is 3.91.